The summed E-state index contributed by atoms with van der Waals surface area (Å²) in [6.07, 6.45) is 3.40. The van der Waals surface area contributed by atoms with E-state index in [2.05, 4.69) is 43.7 Å². The van der Waals surface area contributed by atoms with E-state index in [1.54, 1.807) is 0 Å². The number of benzene rings is 1. The van der Waals surface area contributed by atoms with Gasteiger partial charge in [-0.25, -0.2) is 14.8 Å². The molecule has 6 rings (SSSR count). The second-order valence-electron chi connectivity index (χ2n) is 11.8. The number of amidine groups is 1. The van der Waals surface area contributed by atoms with Gasteiger partial charge in [-0.3, -0.25) is 10.7 Å². The van der Waals surface area contributed by atoms with Crippen molar-refractivity contribution >= 4 is 34.9 Å². The minimum atomic E-state index is -1.33. The Morgan fingerprint density at radius 2 is 1.86 bits per heavy atom. The van der Waals surface area contributed by atoms with Gasteiger partial charge in [-0.2, -0.15) is 4.98 Å². The highest BCUT2D eigenvalue weighted by Crippen LogP contribution is 2.38. The van der Waals surface area contributed by atoms with Gasteiger partial charge in [-0.15, -0.1) is 0 Å². The van der Waals surface area contributed by atoms with E-state index in [0.29, 0.717) is 56.8 Å². The fraction of sp³-hybridized carbons (Fsp3) is 0.567. The maximum Gasteiger partial charge on any atom is 0.410 e. The van der Waals surface area contributed by atoms with Gasteiger partial charge in [-0.1, -0.05) is 50.1 Å². The lowest BCUT2D eigenvalue weighted by Crippen LogP contribution is -2.42. The molecule has 42 heavy (non-hydrogen) atoms. The standard InChI is InChI=1S/C30H40N8O4/c1-19-8-10-21(11-9-19)17-38-24-26(35-29(38)37-13-14-41-18-23(37)22-6-4-3-5-7-22)33-27(25(31)32-30(39)40)34-28(24)36-12-15-42-20(2)16-36/h3-7,19-21,23H,8-18H2,1-2H3,(H2,31,32)(H,39,40)/t19-,20?,21-,23?. The summed E-state index contributed by atoms with van der Waals surface area (Å²) in [4.78, 5) is 30.5. The van der Waals surface area contributed by atoms with E-state index in [0.717, 1.165) is 42.3 Å². The zero-order chi connectivity index (χ0) is 29.2. The van der Waals surface area contributed by atoms with Crippen LogP contribution in [0.5, 0.6) is 0 Å². The van der Waals surface area contributed by atoms with Gasteiger partial charge in [0, 0.05) is 26.2 Å². The van der Waals surface area contributed by atoms with Crippen molar-refractivity contribution in [1.82, 2.24) is 24.8 Å². The molecule has 0 radical (unpaired) electrons. The second-order valence-corrected chi connectivity index (χ2v) is 11.8. The number of hydrogen-bond donors (Lipinski definition) is 3. The van der Waals surface area contributed by atoms with Crippen molar-refractivity contribution in [3.8, 4) is 0 Å². The number of rotatable bonds is 6. The summed E-state index contributed by atoms with van der Waals surface area (Å²) in [7, 11) is 0. The Labute approximate surface area is 245 Å². The summed E-state index contributed by atoms with van der Waals surface area (Å²) in [6, 6.07) is 10.3. The van der Waals surface area contributed by atoms with Crippen LogP contribution in [-0.4, -0.2) is 82.1 Å². The van der Waals surface area contributed by atoms with E-state index < -0.39 is 6.09 Å². The highest BCUT2D eigenvalue weighted by molar-refractivity contribution is 6.03. The first-order chi connectivity index (χ1) is 20.4. The van der Waals surface area contributed by atoms with Gasteiger partial charge >= 0.3 is 6.09 Å². The van der Waals surface area contributed by atoms with E-state index in [1.807, 2.05) is 25.1 Å². The third kappa shape index (κ3) is 5.91. The van der Waals surface area contributed by atoms with Crippen LogP contribution >= 0.6 is 0 Å². The SMILES string of the molecule is CC1CN(c2nc(C(=N)NC(=O)O)nc3nc(N4CCOCC4c4ccccc4)n(C[C@H]4CC[C@H](C)CC4)c23)CCO1. The van der Waals surface area contributed by atoms with E-state index >= 15 is 0 Å². The van der Waals surface area contributed by atoms with Crippen molar-refractivity contribution in [2.75, 3.05) is 49.3 Å². The molecule has 1 amide bonds. The fourth-order valence-corrected chi connectivity index (χ4v) is 6.47. The smallest absolute Gasteiger partial charge is 0.410 e. The molecule has 12 nitrogen and oxygen atoms in total. The van der Waals surface area contributed by atoms with E-state index in [-0.39, 0.29) is 23.8 Å². The first-order valence-electron chi connectivity index (χ1n) is 15.0. The Hall–Kier alpha value is -3.77. The van der Waals surface area contributed by atoms with Crippen LogP contribution in [0, 0.1) is 17.2 Å². The van der Waals surface area contributed by atoms with E-state index in [9.17, 15) is 9.90 Å². The Bertz CT molecular complexity index is 1420. The van der Waals surface area contributed by atoms with Crippen molar-refractivity contribution in [1.29, 1.82) is 5.41 Å². The first kappa shape index (κ1) is 28.4. The van der Waals surface area contributed by atoms with Gasteiger partial charge in [0.15, 0.2) is 23.1 Å². The zero-order valence-electron chi connectivity index (χ0n) is 24.3. The highest BCUT2D eigenvalue weighted by Gasteiger charge is 2.33. The Morgan fingerprint density at radius 1 is 1.07 bits per heavy atom. The second kappa shape index (κ2) is 12.2. The van der Waals surface area contributed by atoms with Crippen molar-refractivity contribution < 1.29 is 19.4 Å². The van der Waals surface area contributed by atoms with Gasteiger partial charge < -0.3 is 28.9 Å². The molecule has 3 fully saturated rings. The van der Waals surface area contributed by atoms with Crippen molar-refractivity contribution in [3.63, 3.8) is 0 Å². The fourth-order valence-electron chi connectivity index (χ4n) is 6.47. The molecule has 1 aliphatic carbocycles. The molecule has 3 aliphatic rings. The predicted molar refractivity (Wildman–Crippen MR) is 159 cm³/mol. The third-order valence-electron chi connectivity index (χ3n) is 8.71. The summed E-state index contributed by atoms with van der Waals surface area (Å²) < 4.78 is 14.1. The van der Waals surface area contributed by atoms with Crippen LogP contribution in [0.2, 0.25) is 0 Å². The Balaban J connectivity index is 1.52. The molecule has 1 saturated carbocycles. The molecule has 2 unspecified atom stereocenters. The number of nitrogens with one attached hydrogen (secondary N) is 2. The number of morpholine rings is 2. The minimum absolute atomic E-state index is 0.00110. The van der Waals surface area contributed by atoms with Gasteiger partial charge in [0.2, 0.25) is 5.95 Å². The predicted octanol–water partition coefficient (Wildman–Crippen LogP) is 4.05. The number of amides is 1. The third-order valence-corrected chi connectivity index (χ3v) is 8.71. The average Bonchev–Trinajstić information content (AvgIpc) is 3.36. The molecule has 2 aromatic heterocycles. The van der Waals surface area contributed by atoms with Crippen molar-refractivity contribution in [2.24, 2.45) is 11.8 Å². The highest BCUT2D eigenvalue weighted by atomic mass is 16.5. The molecular formula is C30H40N8O4. The van der Waals surface area contributed by atoms with Crippen molar-refractivity contribution in [2.45, 2.75) is 58.2 Å². The van der Waals surface area contributed by atoms with Crippen LogP contribution in [0.4, 0.5) is 16.6 Å². The van der Waals surface area contributed by atoms with Gasteiger partial charge in [0.1, 0.15) is 5.52 Å². The summed E-state index contributed by atoms with van der Waals surface area (Å²) in [6.45, 7) is 8.76. The van der Waals surface area contributed by atoms with Crippen LogP contribution in [0.1, 0.15) is 57.0 Å². The monoisotopic (exact) mass is 576 g/mol. The number of hydrogen-bond acceptors (Lipinski definition) is 9. The number of carbonyl (C=O) groups is 1. The minimum Gasteiger partial charge on any atom is -0.465 e. The lowest BCUT2D eigenvalue weighted by Gasteiger charge is -2.38. The zero-order valence-corrected chi connectivity index (χ0v) is 24.3. The lowest BCUT2D eigenvalue weighted by molar-refractivity contribution is 0.0530. The molecule has 2 atom stereocenters. The maximum atomic E-state index is 11.4. The van der Waals surface area contributed by atoms with Gasteiger partial charge in [0.25, 0.3) is 0 Å². The van der Waals surface area contributed by atoms with E-state index in [4.69, 9.17) is 24.9 Å². The molecule has 2 saturated heterocycles. The largest absolute Gasteiger partial charge is 0.465 e. The quantitative estimate of drug-likeness (QED) is 0.293. The molecular weight excluding hydrogens is 536 g/mol. The molecule has 4 heterocycles. The number of ether oxygens (including phenoxy) is 2. The first-order valence-corrected chi connectivity index (χ1v) is 15.0. The van der Waals surface area contributed by atoms with Gasteiger partial charge in [-0.05, 0) is 37.2 Å². The number of aromatic nitrogens is 4. The summed E-state index contributed by atoms with van der Waals surface area (Å²) >= 11 is 0. The normalized spacial score (nSPS) is 25.0. The molecule has 2 aliphatic heterocycles. The number of carboxylic acid groups (broad SMARTS) is 1. The van der Waals surface area contributed by atoms with Crippen molar-refractivity contribution in [3.05, 3.63) is 41.7 Å². The van der Waals surface area contributed by atoms with Crippen LogP contribution < -0.4 is 15.1 Å². The molecule has 0 bridgehead atoms. The number of anilines is 2. The van der Waals surface area contributed by atoms with Gasteiger partial charge in [0.05, 0.1) is 32.0 Å². The molecule has 3 aromatic rings. The number of imidazole rings is 1. The van der Waals surface area contributed by atoms with Crippen LogP contribution in [0.25, 0.3) is 11.2 Å². The lowest BCUT2D eigenvalue weighted by atomic mass is 9.83. The molecule has 224 valence electrons. The Kier molecular flexibility index (Phi) is 8.25. The van der Waals surface area contributed by atoms with E-state index in [1.165, 1.54) is 12.8 Å². The van der Waals surface area contributed by atoms with Crippen LogP contribution in [0.3, 0.4) is 0 Å². The molecule has 0 spiro atoms. The summed E-state index contributed by atoms with van der Waals surface area (Å²) in [5.41, 5.74) is 2.44. The molecule has 3 N–H and O–H groups in total. The topological polar surface area (TPSA) is 142 Å². The average molecular weight is 577 g/mol. The van der Waals surface area contributed by atoms with Crippen LogP contribution in [0.15, 0.2) is 30.3 Å². The van der Waals surface area contributed by atoms with Crippen LogP contribution in [-0.2, 0) is 16.0 Å². The Morgan fingerprint density at radius 3 is 2.60 bits per heavy atom. The molecule has 12 heteroatoms. The molecule has 1 aromatic carbocycles. The number of nitrogens with zero attached hydrogens (tertiary/aromatic N) is 6. The maximum absolute atomic E-state index is 11.4. The summed E-state index contributed by atoms with van der Waals surface area (Å²) in [5.74, 6) is 2.34. The number of fused-ring (bicyclic) bond motifs is 1. The summed E-state index contributed by atoms with van der Waals surface area (Å²) in [5, 5.41) is 19.8.